The smallest absolute Gasteiger partial charge is 0.255 e. The molecule has 2 aliphatic carbocycles. The Labute approximate surface area is 135 Å². The topological polar surface area (TPSA) is 44.1 Å². The molecule has 1 aliphatic heterocycles. The number of hydrogen-bond donors (Lipinski definition) is 0. The van der Waals surface area contributed by atoms with Crippen molar-refractivity contribution in [3.05, 3.63) is 34.9 Å². The number of piperidine rings is 1. The van der Waals surface area contributed by atoms with Crippen molar-refractivity contribution in [3.8, 4) is 6.07 Å². The van der Waals surface area contributed by atoms with E-state index in [-0.39, 0.29) is 16.7 Å². The molecule has 1 aromatic carbocycles. The largest absolute Gasteiger partial charge is 0.319 e. The molecule has 0 N–H and O–H groups in total. The second kappa shape index (κ2) is 4.06. The van der Waals surface area contributed by atoms with Gasteiger partial charge in [-0.25, -0.2) is 0 Å². The Kier molecular flexibility index (Phi) is 2.60. The van der Waals surface area contributed by atoms with Crippen molar-refractivity contribution in [3.63, 3.8) is 0 Å². The number of nitriles is 1. The quantitative estimate of drug-likeness (QED) is 0.789. The van der Waals surface area contributed by atoms with Crippen molar-refractivity contribution in [2.24, 2.45) is 16.7 Å². The lowest BCUT2D eigenvalue weighted by Crippen LogP contribution is -2.54. The second-order valence-corrected chi connectivity index (χ2v) is 8.00. The Morgan fingerprint density at radius 2 is 2.05 bits per heavy atom. The van der Waals surface area contributed by atoms with E-state index in [4.69, 9.17) is 11.6 Å². The van der Waals surface area contributed by atoms with E-state index < -0.39 is 5.54 Å². The summed E-state index contributed by atoms with van der Waals surface area (Å²) in [6, 6.07) is 9.53. The molecule has 0 radical (unpaired) electrons. The first-order valence-electron chi connectivity index (χ1n) is 7.87. The molecule has 0 unspecified atom stereocenters. The second-order valence-electron chi connectivity index (χ2n) is 7.56. The number of rotatable bonds is 1. The van der Waals surface area contributed by atoms with E-state index in [1.165, 1.54) is 6.42 Å². The molecule has 4 heteroatoms. The molecule has 1 heterocycles. The summed E-state index contributed by atoms with van der Waals surface area (Å²) in [7, 11) is 0. The molecular weight excluding hydrogens is 296 g/mol. The van der Waals surface area contributed by atoms with Crippen LogP contribution >= 0.6 is 11.6 Å². The highest BCUT2D eigenvalue weighted by molar-refractivity contribution is 6.30. The van der Waals surface area contributed by atoms with Gasteiger partial charge in [0.25, 0.3) is 5.91 Å². The summed E-state index contributed by atoms with van der Waals surface area (Å²) in [4.78, 5) is 14.9. The van der Waals surface area contributed by atoms with Crippen molar-refractivity contribution in [2.75, 3.05) is 6.54 Å². The Morgan fingerprint density at radius 3 is 2.64 bits per heavy atom. The maximum atomic E-state index is 13.0. The van der Waals surface area contributed by atoms with Crippen LogP contribution in [0.25, 0.3) is 0 Å². The third-order valence-corrected chi connectivity index (χ3v) is 7.33. The summed E-state index contributed by atoms with van der Waals surface area (Å²) in [6.07, 6.45) is 3.07. The van der Waals surface area contributed by atoms with E-state index in [9.17, 15) is 10.1 Å². The number of amides is 1. The molecule has 4 bridgehead atoms. The number of nitrogens with zero attached hydrogens (tertiary/aromatic N) is 2. The maximum absolute atomic E-state index is 13.0. The molecule has 0 aromatic heterocycles. The lowest BCUT2D eigenvalue weighted by molar-refractivity contribution is 0.0430. The zero-order valence-electron chi connectivity index (χ0n) is 12.9. The molecule has 1 aromatic rings. The fraction of sp³-hybridized carbons (Fsp3) is 0.556. The zero-order chi connectivity index (χ0) is 15.8. The first-order chi connectivity index (χ1) is 10.4. The number of benzene rings is 1. The molecule has 3 aliphatic rings. The third-order valence-electron chi connectivity index (χ3n) is 7.08. The van der Waals surface area contributed by atoms with Gasteiger partial charge in [0.15, 0.2) is 0 Å². The molecule has 3 nitrogen and oxygen atoms in total. The van der Waals surface area contributed by atoms with Crippen molar-refractivity contribution >= 4 is 17.5 Å². The lowest BCUT2D eigenvalue weighted by atomic mass is 9.66. The van der Waals surface area contributed by atoms with E-state index >= 15 is 0 Å². The average Bonchev–Trinajstić information content (AvgIpc) is 2.96. The molecule has 3 fully saturated rings. The summed E-state index contributed by atoms with van der Waals surface area (Å²) < 4.78 is 0. The summed E-state index contributed by atoms with van der Waals surface area (Å²) >= 11 is 5.91. The van der Waals surface area contributed by atoms with Crippen LogP contribution in [0.15, 0.2) is 24.3 Å². The highest BCUT2D eigenvalue weighted by Crippen LogP contribution is 2.75. The number of carbonyl (C=O) groups is 1. The van der Waals surface area contributed by atoms with Crippen LogP contribution in [0, 0.1) is 28.1 Å². The SMILES string of the molecule is C[C@]12CC[C@@H]3C[C@@]1(C#N)N(C(=O)c1ccc(Cl)cc1)C[C@@]32C. The van der Waals surface area contributed by atoms with E-state index in [0.717, 1.165) is 12.8 Å². The first-order valence-corrected chi connectivity index (χ1v) is 8.25. The maximum Gasteiger partial charge on any atom is 0.255 e. The average molecular weight is 315 g/mol. The minimum Gasteiger partial charge on any atom is -0.319 e. The number of hydrogen-bond acceptors (Lipinski definition) is 2. The number of halogens is 1. The van der Waals surface area contributed by atoms with Gasteiger partial charge in [-0.05, 0) is 54.9 Å². The predicted molar refractivity (Wildman–Crippen MR) is 84.4 cm³/mol. The van der Waals surface area contributed by atoms with Crippen LogP contribution in [0.2, 0.25) is 5.02 Å². The Hall–Kier alpha value is -1.53. The minimum atomic E-state index is -0.638. The van der Waals surface area contributed by atoms with Crippen LogP contribution in [-0.2, 0) is 0 Å². The van der Waals surface area contributed by atoms with Gasteiger partial charge in [0.1, 0.15) is 5.54 Å². The van der Waals surface area contributed by atoms with Crippen molar-refractivity contribution in [1.82, 2.24) is 4.90 Å². The Balaban J connectivity index is 1.78. The monoisotopic (exact) mass is 314 g/mol. The van der Waals surface area contributed by atoms with E-state index in [1.54, 1.807) is 24.3 Å². The zero-order valence-corrected chi connectivity index (χ0v) is 13.7. The van der Waals surface area contributed by atoms with Crippen LogP contribution in [0.5, 0.6) is 0 Å². The molecule has 1 amide bonds. The van der Waals surface area contributed by atoms with Gasteiger partial charge >= 0.3 is 0 Å². The normalized spacial score (nSPS) is 41.7. The fourth-order valence-corrected chi connectivity index (χ4v) is 5.63. The van der Waals surface area contributed by atoms with Gasteiger partial charge in [0.05, 0.1) is 6.07 Å². The Morgan fingerprint density at radius 1 is 1.36 bits per heavy atom. The molecule has 22 heavy (non-hydrogen) atoms. The molecule has 1 saturated heterocycles. The van der Waals surface area contributed by atoms with Crippen molar-refractivity contribution < 1.29 is 4.79 Å². The molecule has 2 saturated carbocycles. The molecule has 4 rings (SSSR count). The lowest BCUT2D eigenvalue weighted by Gasteiger charge is -2.43. The van der Waals surface area contributed by atoms with Crippen molar-refractivity contribution in [1.29, 1.82) is 5.26 Å². The first kappa shape index (κ1) is 14.1. The van der Waals surface area contributed by atoms with E-state index in [1.807, 2.05) is 4.90 Å². The van der Waals surface area contributed by atoms with Gasteiger partial charge in [0, 0.05) is 22.5 Å². The van der Waals surface area contributed by atoms with E-state index in [2.05, 4.69) is 19.9 Å². The Bertz CT molecular complexity index is 709. The molecule has 114 valence electrons. The fourth-order valence-electron chi connectivity index (χ4n) is 5.50. The standard InChI is InChI=1S/C18H19ClN2O/c1-16-11-21(15(22)12-3-5-14(19)6-4-12)18(10-20)9-13(16)7-8-17(16,18)2/h3-6,13H,7-9,11H2,1-2H3/t13-,16+,17-,18+/m1/s1. The van der Waals surface area contributed by atoms with Gasteiger partial charge in [-0.1, -0.05) is 25.4 Å². The van der Waals surface area contributed by atoms with Crippen LogP contribution in [-0.4, -0.2) is 22.9 Å². The van der Waals surface area contributed by atoms with Crippen LogP contribution in [0.1, 0.15) is 43.5 Å². The van der Waals surface area contributed by atoms with Gasteiger partial charge < -0.3 is 4.90 Å². The summed E-state index contributed by atoms with van der Waals surface area (Å²) in [5.41, 5.74) is -0.0251. The minimum absolute atomic E-state index is 0.0338. The van der Waals surface area contributed by atoms with Gasteiger partial charge in [-0.2, -0.15) is 5.26 Å². The van der Waals surface area contributed by atoms with E-state index in [0.29, 0.717) is 23.0 Å². The van der Waals surface area contributed by atoms with Crippen molar-refractivity contribution in [2.45, 2.75) is 38.6 Å². The number of likely N-dealkylation sites (tertiary alicyclic amines) is 1. The molecular formula is C18H19ClN2O. The number of carbonyl (C=O) groups excluding carboxylic acids is 1. The highest BCUT2D eigenvalue weighted by Gasteiger charge is 2.78. The summed E-state index contributed by atoms with van der Waals surface area (Å²) in [5, 5.41) is 10.6. The predicted octanol–water partition coefficient (Wildman–Crippen LogP) is 3.88. The highest BCUT2D eigenvalue weighted by atomic mass is 35.5. The molecule has 4 atom stereocenters. The van der Waals surface area contributed by atoms with Gasteiger partial charge in [-0.3, -0.25) is 4.79 Å². The van der Waals surface area contributed by atoms with Crippen LogP contribution in [0.3, 0.4) is 0 Å². The van der Waals surface area contributed by atoms with Crippen LogP contribution < -0.4 is 0 Å². The summed E-state index contributed by atoms with van der Waals surface area (Å²) in [6.45, 7) is 5.19. The van der Waals surface area contributed by atoms with Gasteiger partial charge in [0.2, 0.25) is 0 Å². The van der Waals surface area contributed by atoms with Crippen LogP contribution in [0.4, 0.5) is 0 Å². The third kappa shape index (κ3) is 1.32. The summed E-state index contributed by atoms with van der Waals surface area (Å²) in [5.74, 6) is 0.542. The molecule has 0 spiro atoms. The van der Waals surface area contributed by atoms with Gasteiger partial charge in [-0.15, -0.1) is 0 Å².